The minimum atomic E-state index is -1.13. The fourth-order valence-electron chi connectivity index (χ4n) is 1.90. The topological polar surface area (TPSA) is 90.5 Å². The van der Waals surface area contributed by atoms with Crippen molar-refractivity contribution in [3.05, 3.63) is 17.4 Å². The van der Waals surface area contributed by atoms with Gasteiger partial charge in [0.25, 0.3) is 5.91 Å². The first-order valence-corrected chi connectivity index (χ1v) is 6.18. The minimum Gasteiger partial charge on any atom is -0.367 e. The first-order valence-electron chi connectivity index (χ1n) is 5.80. The molecule has 2 heterocycles. The molecular weight excluding hydrogens is 272 g/mol. The Morgan fingerprint density at radius 3 is 2.95 bits per heavy atom. The van der Waals surface area contributed by atoms with Gasteiger partial charge in [0, 0.05) is 12.7 Å². The van der Waals surface area contributed by atoms with Crippen LogP contribution < -0.4 is 5.73 Å². The lowest BCUT2D eigenvalue weighted by atomic mass is 10.0. The highest BCUT2D eigenvalue weighted by Gasteiger charge is 2.39. The Morgan fingerprint density at radius 2 is 2.37 bits per heavy atom. The number of rotatable bonds is 3. The van der Waals surface area contributed by atoms with Gasteiger partial charge in [-0.15, -0.1) is 0 Å². The number of amides is 2. The molecule has 7 nitrogen and oxygen atoms in total. The van der Waals surface area contributed by atoms with Crippen LogP contribution in [0.3, 0.4) is 0 Å². The van der Waals surface area contributed by atoms with Gasteiger partial charge in [0.2, 0.25) is 5.91 Å². The summed E-state index contributed by atoms with van der Waals surface area (Å²) >= 11 is 5.73. The second-order valence-electron chi connectivity index (χ2n) is 4.61. The SMILES string of the molecule is C[C@]1(C(N)=O)CN(C(=O)Cn2cc(Cl)cn2)CCO1. The molecule has 2 rings (SSSR count). The third-order valence-electron chi connectivity index (χ3n) is 3.05. The van der Waals surface area contributed by atoms with E-state index in [9.17, 15) is 9.59 Å². The van der Waals surface area contributed by atoms with Gasteiger partial charge in [0.15, 0.2) is 5.60 Å². The van der Waals surface area contributed by atoms with Crippen molar-refractivity contribution in [1.82, 2.24) is 14.7 Å². The Hall–Kier alpha value is -1.60. The Labute approximate surface area is 115 Å². The third-order valence-corrected chi connectivity index (χ3v) is 3.24. The number of morpholine rings is 1. The van der Waals surface area contributed by atoms with Gasteiger partial charge in [-0.05, 0) is 6.92 Å². The summed E-state index contributed by atoms with van der Waals surface area (Å²) in [7, 11) is 0. The number of nitrogens with zero attached hydrogens (tertiary/aromatic N) is 3. The number of hydrogen-bond acceptors (Lipinski definition) is 4. The van der Waals surface area contributed by atoms with Crippen molar-refractivity contribution in [3.8, 4) is 0 Å². The lowest BCUT2D eigenvalue weighted by molar-refractivity contribution is -0.160. The van der Waals surface area contributed by atoms with E-state index in [2.05, 4.69) is 5.10 Å². The molecule has 8 heteroatoms. The van der Waals surface area contributed by atoms with E-state index in [0.29, 0.717) is 11.6 Å². The first kappa shape index (κ1) is 13.8. The molecule has 0 spiro atoms. The van der Waals surface area contributed by atoms with Crippen molar-refractivity contribution in [1.29, 1.82) is 0 Å². The predicted octanol–water partition coefficient (Wildman–Crippen LogP) is -0.361. The van der Waals surface area contributed by atoms with Crippen LogP contribution in [-0.4, -0.2) is 51.8 Å². The number of hydrogen-bond donors (Lipinski definition) is 1. The zero-order chi connectivity index (χ0) is 14.0. The largest absolute Gasteiger partial charge is 0.367 e. The molecule has 0 saturated carbocycles. The zero-order valence-corrected chi connectivity index (χ0v) is 11.3. The molecule has 0 unspecified atom stereocenters. The fourth-order valence-corrected chi connectivity index (χ4v) is 2.05. The van der Waals surface area contributed by atoms with Crippen molar-refractivity contribution in [2.75, 3.05) is 19.7 Å². The number of primary amides is 1. The second kappa shape index (κ2) is 5.18. The quantitative estimate of drug-likeness (QED) is 0.821. The van der Waals surface area contributed by atoms with Crippen LogP contribution in [0.25, 0.3) is 0 Å². The molecule has 2 N–H and O–H groups in total. The summed E-state index contributed by atoms with van der Waals surface area (Å²) in [6.45, 7) is 2.51. The van der Waals surface area contributed by atoms with Crippen LogP contribution in [0.4, 0.5) is 0 Å². The second-order valence-corrected chi connectivity index (χ2v) is 5.05. The third kappa shape index (κ3) is 3.05. The summed E-state index contributed by atoms with van der Waals surface area (Å²) in [5.41, 5.74) is 4.15. The monoisotopic (exact) mass is 286 g/mol. The summed E-state index contributed by atoms with van der Waals surface area (Å²) in [4.78, 5) is 25.0. The van der Waals surface area contributed by atoms with Crippen LogP contribution in [0.1, 0.15) is 6.92 Å². The average molecular weight is 287 g/mol. The molecule has 104 valence electrons. The van der Waals surface area contributed by atoms with E-state index in [1.165, 1.54) is 10.9 Å². The number of halogens is 1. The summed E-state index contributed by atoms with van der Waals surface area (Å²) in [6.07, 6.45) is 3.02. The van der Waals surface area contributed by atoms with E-state index in [1.54, 1.807) is 18.0 Å². The van der Waals surface area contributed by atoms with Gasteiger partial charge >= 0.3 is 0 Å². The molecule has 0 bridgehead atoms. The van der Waals surface area contributed by atoms with E-state index >= 15 is 0 Å². The average Bonchev–Trinajstić information content (AvgIpc) is 2.74. The first-order chi connectivity index (χ1) is 8.90. The molecule has 19 heavy (non-hydrogen) atoms. The maximum absolute atomic E-state index is 12.1. The van der Waals surface area contributed by atoms with E-state index in [1.807, 2.05) is 0 Å². The van der Waals surface area contributed by atoms with E-state index in [0.717, 1.165) is 0 Å². The highest BCUT2D eigenvalue weighted by molar-refractivity contribution is 6.30. The minimum absolute atomic E-state index is 0.0710. The Kier molecular flexibility index (Phi) is 3.77. The molecule has 1 aliphatic rings. The molecule has 1 fully saturated rings. The molecule has 0 aromatic carbocycles. The fraction of sp³-hybridized carbons (Fsp3) is 0.545. The van der Waals surface area contributed by atoms with Crippen molar-refractivity contribution >= 4 is 23.4 Å². The van der Waals surface area contributed by atoms with Crippen LogP contribution in [-0.2, 0) is 20.9 Å². The molecule has 1 aliphatic heterocycles. The standard InChI is InChI=1S/C11H15ClN4O3/c1-11(10(13)18)7-15(2-3-19-11)9(17)6-16-5-8(12)4-14-16/h4-5H,2-3,6-7H2,1H3,(H2,13,18)/t11-/m1/s1. The Bertz CT molecular complexity index is 504. The van der Waals surface area contributed by atoms with Crippen LogP contribution >= 0.6 is 11.6 Å². The number of aromatic nitrogens is 2. The van der Waals surface area contributed by atoms with Gasteiger partial charge in [-0.3, -0.25) is 14.3 Å². The van der Waals surface area contributed by atoms with E-state index in [-0.39, 0.29) is 25.6 Å². The molecule has 1 atom stereocenters. The van der Waals surface area contributed by atoms with Crippen LogP contribution in [0.2, 0.25) is 5.02 Å². The van der Waals surface area contributed by atoms with Gasteiger partial charge in [-0.25, -0.2) is 0 Å². The summed E-state index contributed by atoms with van der Waals surface area (Å²) in [5.74, 6) is -0.734. The highest BCUT2D eigenvalue weighted by Crippen LogP contribution is 2.17. The maximum atomic E-state index is 12.1. The molecule has 0 aliphatic carbocycles. The molecule has 2 amide bonds. The van der Waals surface area contributed by atoms with Gasteiger partial charge in [0.05, 0.1) is 24.4 Å². The Morgan fingerprint density at radius 1 is 1.63 bits per heavy atom. The van der Waals surface area contributed by atoms with Gasteiger partial charge in [0.1, 0.15) is 6.54 Å². The summed E-state index contributed by atoms with van der Waals surface area (Å²) in [6, 6.07) is 0. The molecule has 0 radical (unpaired) electrons. The number of carbonyl (C=O) groups excluding carboxylic acids is 2. The summed E-state index contributed by atoms with van der Waals surface area (Å²) < 4.78 is 6.80. The predicted molar refractivity (Wildman–Crippen MR) is 67.4 cm³/mol. The molecular formula is C11H15ClN4O3. The van der Waals surface area contributed by atoms with Crippen molar-refractivity contribution in [2.45, 2.75) is 19.1 Å². The Balaban J connectivity index is 2.01. The van der Waals surface area contributed by atoms with E-state index in [4.69, 9.17) is 22.1 Å². The smallest absolute Gasteiger partial charge is 0.251 e. The highest BCUT2D eigenvalue weighted by atomic mass is 35.5. The van der Waals surface area contributed by atoms with Crippen molar-refractivity contribution in [2.24, 2.45) is 5.73 Å². The van der Waals surface area contributed by atoms with Gasteiger partial charge in [-0.1, -0.05) is 11.6 Å². The molecule has 1 aromatic heterocycles. The lowest BCUT2D eigenvalue weighted by Crippen LogP contribution is -2.58. The van der Waals surface area contributed by atoms with Crippen molar-refractivity contribution in [3.63, 3.8) is 0 Å². The van der Waals surface area contributed by atoms with Gasteiger partial charge < -0.3 is 15.4 Å². The number of carbonyl (C=O) groups is 2. The van der Waals surface area contributed by atoms with E-state index < -0.39 is 11.5 Å². The van der Waals surface area contributed by atoms with Crippen LogP contribution in [0.5, 0.6) is 0 Å². The summed E-state index contributed by atoms with van der Waals surface area (Å²) in [5, 5.41) is 4.41. The zero-order valence-electron chi connectivity index (χ0n) is 10.5. The van der Waals surface area contributed by atoms with Crippen molar-refractivity contribution < 1.29 is 14.3 Å². The number of nitrogens with two attached hydrogens (primary N) is 1. The van der Waals surface area contributed by atoms with Gasteiger partial charge in [-0.2, -0.15) is 5.10 Å². The molecule has 1 aromatic rings. The number of ether oxygens (including phenoxy) is 1. The maximum Gasteiger partial charge on any atom is 0.251 e. The van der Waals surface area contributed by atoms with Crippen LogP contribution in [0, 0.1) is 0 Å². The molecule has 1 saturated heterocycles. The van der Waals surface area contributed by atoms with Crippen LogP contribution in [0.15, 0.2) is 12.4 Å². The lowest BCUT2D eigenvalue weighted by Gasteiger charge is -2.38. The normalized spacial score (nSPS) is 23.4.